The second kappa shape index (κ2) is 8.34. The Morgan fingerprint density at radius 3 is 2.34 bits per heavy atom. The number of hydrogen-bond acceptors (Lipinski definition) is 4. The number of halogens is 2. The van der Waals surface area contributed by atoms with Crippen molar-refractivity contribution >= 4 is 14.4 Å². The summed E-state index contributed by atoms with van der Waals surface area (Å²) in [4.78, 5) is 13.0. The van der Waals surface area contributed by atoms with E-state index in [2.05, 4.69) is 33.9 Å². The molecule has 1 amide bonds. The predicted octanol–water partition coefficient (Wildman–Crippen LogP) is 5.55. The van der Waals surface area contributed by atoms with Gasteiger partial charge >= 0.3 is 6.09 Å². The number of hydrogen-bond donors (Lipinski definition) is 1. The Kier molecular flexibility index (Phi) is 6.54. The Labute approximate surface area is 190 Å². The van der Waals surface area contributed by atoms with Gasteiger partial charge in [0.15, 0.2) is 25.7 Å². The summed E-state index contributed by atoms with van der Waals surface area (Å²) in [5, 5.41) is 9.49. The highest BCUT2D eigenvalue weighted by Gasteiger charge is 2.58. The monoisotopic (exact) mass is 471 g/mol. The molecule has 6 nitrogen and oxygen atoms in total. The first kappa shape index (κ1) is 25.1. The van der Waals surface area contributed by atoms with Crippen molar-refractivity contribution < 1.29 is 32.6 Å². The van der Waals surface area contributed by atoms with Gasteiger partial charge in [-0.05, 0) is 56.1 Å². The standard InChI is InChI=1S/C23H35F2NO5Si/c1-22(2,3)32(7,8)31-18(13-9-10-15(24)16(25)11-13)14-12-17(26(6)21(27)28)20-19(14)29-23(4,5)30-20/h9-11,14,17-20H,12H2,1-8H3,(H,27,28)/t14-,17-,18?,19-,20+/m1/s1. The van der Waals surface area contributed by atoms with E-state index in [0.717, 1.165) is 6.07 Å². The fraction of sp³-hybridized carbons (Fsp3) is 0.696. The Morgan fingerprint density at radius 2 is 1.81 bits per heavy atom. The van der Waals surface area contributed by atoms with Crippen LogP contribution >= 0.6 is 0 Å². The maximum absolute atomic E-state index is 14.2. The molecule has 32 heavy (non-hydrogen) atoms. The van der Waals surface area contributed by atoms with Gasteiger partial charge in [0, 0.05) is 13.0 Å². The van der Waals surface area contributed by atoms with Gasteiger partial charge in [-0.2, -0.15) is 0 Å². The third-order valence-corrected chi connectivity index (χ3v) is 11.6. The largest absolute Gasteiger partial charge is 0.465 e. The van der Waals surface area contributed by atoms with Gasteiger partial charge in [-0.1, -0.05) is 26.8 Å². The van der Waals surface area contributed by atoms with Crippen LogP contribution in [-0.4, -0.2) is 55.5 Å². The summed E-state index contributed by atoms with van der Waals surface area (Å²) in [6.07, 6.45) is -2.15. The Balaban J connectivity index is 2.06. The van der Waals surface area contributed by atoms with Crippen LogP contribution in [0.25, 0.3) is 0 Å². The van der Waals surface area contributed by atoms with Crippen LogP contribution in [0.4, 0.5) is 13.6 Å². The molecule has 9 heteroatoms. The van der Waals surface area contributed by atoms with E-state index >= 15 is 0 Å². The molecule has 1 N–H and O–H groups in total. The number of fused-ring (bicyclic) bond motifs is 1. The van der Waals surface area contributed by atoms with Crippen molar-refractivity contribution in [2.75, 3.05) is 7.05 Å². The summed E-state index contributed by atoms with van der Waals surface area (Å²) in [6, 6.07) is 3.38. The third kappa shape index (κ3) is 4.71. The third-order valence-electron chi connectivity index (χ3n) is 7.17. The van der Waals surface area contributed by atoms with Gasteiger partial charge in [-0.15, -0.1) is 0 Å². The molecule has 1 aliphatic heterocycles. The molecule has 180 valence electrons. The van der Waals surface area contributed by atoms with E-state index in [1.165, 1.54) is 18.0 Å². The number of amides is 1. The molecule has 1 aromatic carbocycles. The van der Waals surface area contributed by atoms with Crippen LogP contribution in [0.3, 0.4) is 0 Å². The molecule has 0 aromatic heterocycles. The summed E-state index contributed by atoms with van der Waals surface area (Å²) in [5.74, 6) is -3.05. The maximum atomic E-state index is 14.2. The number of carboxylic acid groups (broad SMARTS) is 1. The molecule has 0 bridgehead atoms. The van der Waals surface area contributed by atoms with Crippen molar-refractivity contribution in [1.82, 2.24) is 4.90 Å². The second-order valence-corrected chi connectivity index (χ2v) is 15.7. The lowest BCUT2D eigenvalue weighted by Gasteiger charge is -2.42. The molecule has 1 aromatic rings. The Hall–Kier alpha value is -1.55. The fourth-order valence-corrected chi connectivity index (χ4v) is 5.69. The average molecular weight is 472 g/mol. The summed E-state index contributed by atoms with van der Waals surface area (Å²) in [5.41, 5.74) is 0.518. The van der Waals surface area contributed by atoms with Crippen molar-refractivity contribution in [1.29, 1.82) is 0 Å². The summed E-state index contributed by atoms with van der Waals surface area (Å²) in [7, 11) is -0.826. The van der Waals surface area contributed by atoms with Crippen molar-refractivity contribution in [2.45, 2.75) is 89.3 Å². The number of rotatable bonds is 5. The van der Waals surface area contributed by atoms with Crippen LogP contribution in [0, 0.1) is 17.6 Å². The summed E-state index contributed by atoms with van der Waals surface area (Å²) < 4.78 is 47.1. The number of nitrogens with zero attached hydrogens (tertiary/aromatic N) is 1. The normalized spacial score (nSPS) is 28.4. The number of benzene rings is 1. The highest BCUT2D eigenvalue weighted by atomic mass is 28.4. The molecule has 1 saturated carbocycles. The van der Waals surface area contributed by atoms with Gasteiger partial charge in [0.05, 0.1) is 18.2 Å². The second-order valence-electron chi connectivity index (χ2n) is 10.9. The lowest BCUT2D eigenvalue weighted by Crippen LogP contribution is -2.44. The molecule has 5 atom stereocenters. The van der Waals surface area contributed by atoms with Crippen LogP contribution in [0.1, 0.15) is 52.7 Å². The van der Waals surface area contributed by atoms with Crippen molar-refractivity contribution in [3.8, 4) is 0 Å². The zero-order chi connectivity index (χ0) is 24.2. The van der Waals surface area contributed by atoms with Crippen LogP contribution < -0.4 is 0 Å². The van der Waals surface area contributed by atoms with Crippen molar-refractivity contribution in [2.24, 2.45) is 5.92 Å². The SMILES string of the molecule is CN(C(=O)O)[C@@H]1C[C@H](C(O[Si](C)(C)C(C)(C)C)c2ccc(F)c(F)c2)[C@H]2OC(C)(C)O[C@H]21. The molecular weight excluding hydrogens is 436 g/mol. The molecule has 0 radical (unpaired) electrons. The van der Waals surface area contributed by atoms with Gasteiger partial charge in [0.25, 0.3) is 0 Å². The summed E-state index contributed by atoms with van der Waals surface area (Å²) in [6.45, 7) is 14.1. The smallest absolute Gasteiger partial charge is 0.407 e. The summed E-state index contributed by atoms with van der Waals surface area (Å²) >= 11 is 0. The molecule has 2 fully saturated rings. The predicted molar refractivity (Wildman–Crippen MR) is 119 cm³/mol. The first-order valence-corrected chi connectivity index (χ1v) is 13.9. The molecule has 1 aliphatic carbocycles. The molecule has 1 unspecified atom stereocenters. The Bertz CT molecular complexity index is 872. The van der Waals surface area contributed by atoms with Crippen molar-refractivity contribution in [3.63, 3.8) is 0 Å². The topological polar surface area (TPSA) is 68.2 Å². The first-order valence-electron chi connectivity index (χ1n) is 11.0. The fourth-order valence-electron chi connectivity index (χ4n) is 4.40. The average Bonchev–Trinajstić information content (AvgIpc) is 3.13. The highest BCUT2D eigenvalue weighted by Crippen LogP contribution is 2.51. The first-order chi connectivity index (χ1) is 14.5. The van der Waals surface area contributed by atoms with Crippen molar-refractivity contribution in [3.05, 3.63) is 35.4 Å². The lowest BCUT2D eigenvalue weighted by molar-refractivity contribution is -0.165. The Morgan fingerprint density at radius 1 is 1.22 bits per heavy atom. The van der Waals surface area contributed by atoms with Gasteiger partial charge < -0.3 is 23.9 Å². The quantitative estimate of drug-likeness (QED) is 0.571. The molecule has 3 rings (SSSR count). The molecule has 0 spiro atoms. The lowest BCUT2D eigenvalue weighted by atomic mass is 9.92. The molecule has 1 saturated heterocycles. The van der Waals surface area contributed by atoms with E-state index in [-0.39, 0.29) is 11.0 Å². The number of carbonyl (C=O) groups is 1. The van der Waals surface area contributed by atoms with Gasteiger partial charge in [0.2, 0.25) is 0 Å². The van der Waals surface area contributed by atoms with Crippen LogP contribution in [0.5, 0.6) is 0 Å². The minimum atomic E-state index is -2.34. The highest BCUT2D eigenvalue weighted by molar-refractivity contribution is 6.74. The van der Waals surface area contributed by atoms with Crippen LogP contribution in [0.2, 0.25) is 18.1 Å². The van der Waals surface area contributed by atoms with E-state index in [1.807, 2.05) is 0 Å². The van der Waals surface area contributed by atoms with Crippen LogP contribution in [0.15, 0.2) is 18.2 Å². The van der Waals surface area contributed by atoms with Crippen LogP contribution in [-0.2, 0) is 13.9 Å². The molecule has 2 aliphatic rings. The van der Waals surface area contributed by atoms with Gasteiger partial charge in [-0.25, -0.2) is 13.6 Å². The maximum Gasteiger partial charge on any atom is 0.407 e. The van der Waals surface area contributed by atoms with Gasteiger partial charge in [0.1, 0.15) is 6.10 Å². The van der Waals surface area contributed by atoms with E-state index in [1.54, 1.807) is 19.9 Å². The minimum Gasteiger partial charge on any atom is -0.465 e. The molecule has 1 heterocycles. The van der Waals surface area contributed by atoms with Gasteiger partial charge in [-0.3, -0.25) is 0 Å². The molecular formula is C23H35F2NO5Si. The van der Waals surface area contributed by atoms with E-state index in [9.17, 15) is 18.7 Å². The van der Waals surface area contributed by atoms with E-state index in [0.29, 0.717) is 12.0 Å². The zero-order valence-electron chi connectivity index (χ0n) is 20.1. The van der Waals surface area contributed by atoms with E-state index < -0.39 is 56.2 Å². The minimum absolute atomic E-state index is 0.120. The number of ether oxygens (including phenoxy) is 2. The zero-order valence-corrected chi connectivity index (χ0v) is 21.1. The van der Waals surface area contributed by atoms with E-state index in [4.69, 9.17) is 13.9 Å². The number of likely N-dealkylation sites (N-methyl/N-ethyl adjacent to an activating group) is 1.